The topological polar surface area (TPSA) is 66.5 Å². The number of carbonyl (C=O) groups is 1. The molecule has 0 bridgehead atoms. The van der Waals surface area contributed by atoms with E-state index in [-0.39, 0.29) is 15.5 Å². The fourth-order valence-corrected chi connectivity index (χ4v) is 5.23. The van der Waals surface area contributed by atoms with Crippen LogP contribution in [-0.2, 0) is 23.0 Å². The lowest BCUT2D eigenvalue weighted by atomic mass is 10.0. The number of hydrogen-bond acceptors (Lipinski definition) is 3. The molecule has 0 fully saturated rings. The number of sulfonamides is 1. The van der Waals surface area contributed by atoms with Crippen LogP contribution in [0, 0.1) is 6.92 Å². The largest absolute Gasteiger partial charge is 0.322 e. The second-order valence-electron chi connectivity index (χ2n) is 7.32. The van der Waals surface area contributed by atoms with E-state index in [1.54, 1.807) is 6.07 Å². The average Bonchev–Trinajstić information content (AvgIpc) is 2.73. The van der Waals surface area contributed by atoms with E-state index in [9.17, 15) is 13.2 Å². The maximum atomic E-state index is 13.2. The molecule has 30 heavy (non-hydrogen) atoms. The van der Waals surface area contributed by atoms with Gasteiger partial charge in [0.2, 0.25) is 10.0 Å². The van der Waals surface area contributed by atoms with E-state index in [4.69, 9.17) is 11.6 Å². The number of halogens is 1. The van der Waals surface area contributed by atoms with Crippen molar-refractivity contribution in [2.45, 2.75) is 24.8 Å². The highest BCUT2D eigenvalue weighted by atomic mass is 35.5. The summed E-state index contributed by atoms with van der Waals surface area (Å²) in [6, 6.07) is 19.4. The Morgan fingerprint density at radius 1 is 1.00 bits per heavy atom. The van der Waals surface area contributed by atoms with E-state index in [2.05, 4.69) is 5.32 Å². The second kappa shape index (κ2) is 8.22. The van der Waals surface area contributed by atoms with Crippen LogP contribution in [0.1, 0.15) is 27.0 Å². The number of nitrogens with zero attached hydrogens (tertiary/aromatic N) is 1. The lowest BCUT2D eigenvalue weighted by molar-refractivity contribution is 0.102. The average molecular weight is 441 g/mol. The fourth-order valence-electron chi connectivity index (χ4n) is 3.58. The molecule has 0 atom stereocenters. The molecule has 0 saturated heterocycles. The summed E-state index contributed by atoms with van der Waals surface area (Å²) in [4.78, 5) is 12.8. The molecule has 3 aromatic carbocycles. The van der Waals surface area contributed by atoms with Crippen molar-refractivity contribution < 1.29 is 13.2 Å². The molecule has 0 saturated carbocycles. The molecular weight excluding hydrogens is 420 g/mol. The van der Waals surface area contributed by atoms with Crippen molar-refractivity contribution in [2.75, 3.05) is 11.9 Å². The minimum absolute atomic E-state index is 0.0562. The van der Waals surface area contributed by atoms with Crippen molar-refractivity contribution in [1.29, 1.82) is 0 Å². The zero-order chi connectivity index (χ0) is 21.3. The van der Waals surface area contributed by atoms with Crippen molar-refractivity contribution in [3.05, 3.63) is 94.0 Å². The summed E-state index contributed by atoms with van der Waals surface area (Å²) in [7, 11) is -3.76. The molecule has 0 aromatic heterocycles. The minimum Gasteiger partial charge on any atom is -0.322 e. The molecule has 0 unspecified atom stereocenters. The van der Waals surface area contributed by atoms with E-state index in [1.807, 2.05) is 49.4 Å². The summed E-state index contributed by atoms with van der Waals surface area (Å²) in [6.45, 7) is 2.63. The minimum atomic E-state index is -3.76. The van der Waals surface area contributed by atoms with E-state index in [1.165, 1.54) is 28.1 Å². The predicted molar refractivity (Wildman–Crippen MR) is 118 cm³/mol. The molecule has 4 rings (SSSR count). The molecule has 1 heterocycles. The molecule has 0 aliphatic carbocycles. The Morgan fingerprint density at radius 3 is 2.53 bits per heavy atom. The van der Waals surface area contributed by atoms with Crippen molar-refractivity contribution in [3.63, 3.8) is 0 Å². The van der Waals surface area contributed by atoms with E-state index in [0.717, 1.165) is 11.1 Å². The number of rotatable bonds is 4. The van der Waals surface area contributed by atoms with Gasteiger partial charge in [-0.05, 0) is 60.4 Å². The summed E-state index contributed by atoms with van der Waals surface area (Å²) < 4.78 is 27.9. The van der Waals surface area contributed by atoms with Gasteiger partial charge in [-0.25, -0.2) is 8.42 Å². The summed E-state index contributed by atoms with van der Waals surface area (Å²) >= 11 is 6.22. The van der Waals surface area contributed by atoms with Crippen LogP contribution in [-0.4, -0.2) is 25.2 Å². The first-order chi connectivity index (χ1) is 14.3. The maximum absolute atomic E-state index is 13.2. The number of nitrogens with one attached hydrogen (secondary N) is 1. The summed E-state index contributed by atoms with van der Waals surface area (Å²) in [6.07, 6.45) is 0.656. The summed E-state index contributed by atoms with van der Waals surface area (Å²) in [5.41, 5.74) is 3.91. The number of carbonyl (C=O) groups excluding carboxylic acids is 1. The molecule has 1 aliphatic rings. The molecule has 1 N–H and O–H groups in total. The smallest absolute Gasteiger partial charge is 0.257 e. The van der Waals surface area contributed by atoms with Gasteiger partial charge in [-0.3, -0.25) is 4.79 Å². The molecule has 5 nitrogen and oxygen atoms in total. The zero-order valence-corrected chi connectivity index (χ0v) is 18.0. The highest BCUT2D eigenvalue weighted by Crippen LogP contribution is 2.28. The Hall–Kier alpha value is -2.67. The first-order valence-electron chi connectivity index (χ1n) is 9.59. The number of fused-ring (bicyclic) bond motifs is 1. The van der Waals surface area contributed by atoms with Crippen molar-refractivity contribution in [3.8, 4) is 0 Å². The Bertz CT molecular complexity index is 1220. The van der Waals surface area contributed by atoms with Gasteiger partial charge in [0.25, 0.3) is 5.91 Å². The lowest BCUT2D eigenvalue weighted by Gasteiger charge is -2.28. The van der Waals surface area contributed by atoms with Crippen LogP contribution in [0.2, 0.25) is 5.02 Å². The van der Waals surface area contributed by atoms with Gasteiger partial charge in [0.05, 0.1) is 15.5 Å². The van der Waals surface area contributed by atoms with Gasteiger partial charge in [0.15, 0.2) is 0 Å². The normalized spacial score (nSPS) is 14.2. The number of aryl methyl sites for hydroxylation is 1. The Balaban J connectivity index is 1.61. The molecule has 154 valence electrons. The third-order valence-electron chi connectivity index (χ3n) is 5.19. The quantitative estimate of drug-likeness (QED) is 0.642. The van der Waals surface area contributed by atoms with Crippen LogP contribution >= 0.6 is 11.6 Å². The zero-order valence-electron chi connectivity index (χ0n) is 16.4. The molecule has 0 spiro atoms. The van der Waals surface area contributed by atoms with E-state index in [0.29, 0.717) is 25.2 Å². The van der Waals surface area contributed by atoms with Crippen LogP contribution in [0.3, 0.4) is 0 Å². The molecule has 3 aromatic rings. The van der Waals surface area contributed by atoms with Gasteiger partial charge in [-0.15, -0.1) is 0 Å². The first-order valence-corrected chi connectivity index (χ1v) is 11.4. The molecular formula is C23H21ClN2O3S. The molecule has 0 radical (unpaired) electrons. The molecule has 1 aliphatic heterocycles. The number of hydrogen-bond donors (Lipinski definition) is 1. The standard InChI is InChI=1S/C23H21ClN2O3S/c1-16-5-4-8-19(13-16)25-23(27)21-14-20(9-10-22(21)24)30(28,29)26-12-11-17-6-2-3-7-18(17)15-26/h2-10,13-14H,11-12,15H2,1H3,(H,25,27). The lowest BCUT2D eigenvalue weighted by Crippen LogP contribution is -2.36. The molecule has 1 amide bonds. The maximum Gasteiger partial charge on any atom is 0.257 e. The molecule has 7 heteroatoms. The summed E-state index contributed by atoms with van der Waals surface area (Å²) in [5.74, 6) is -0.452. The fraction of sp³-hybridized carbons (Fsp3) is 0.174. The third-order valence-corrected chi connectivity index (χ3v) is 7.36. The Labute approximate surface area is 181 Å². The number of anilines is 1. The van der Waals surface area contributed by atoms with Gasteiger partial charge >= 0.3 is 0 Å². The predicted octanol–water partition coefficient (Wildman–Crippen LogP) is 4.65. The van der Waals surface area contributed by atoms with Crippen LogP contribution in [0.4, 0.5) is 5.69 Å². The van der Waals surface area contributed by atoms with Crippen molar-refractivity contribution >= 4 is 33.2 Å². The Morgan fingerprint density at radius 2 is 1.77 bits per heavy atom. The SMILES string of the molecule is Cc1cccc(NC(=O)c2cc(S(=O)(=O)N3CCc4ccccc4C3)ccc2Cl)c1. The summed E-state index contributed by atoms with van der Waals surface area (Å²) in [5, 5.41) is 2.98. The highest BCUT2D eigenvalue weighted by molar-refractivity contribution is 7.89. The van der Waals surface area contributed by atoms with Gasteiger partial charge in [0.1, 0.15) is 0 Å². The monoisotopic (exact) mass is 440 g/mol. The van der Waals surface area contributed by atoms with Crippen molar-refractivity contribution in [1.82, 2.24) is 4.31 Å². The number of benzene rings is 3. The van der Waals surface area contributed by atoms with E-state index >= 15 is 0 Å². The van der Waals surface area contributed by atoms with Gasteiger partial charge in [-0.2, -0.15) is 4.31 Å². The third kappa shape index (κ3) is 4.12. The number of amides is 1. The van der Waals surface area contributed by atoms with Crippen LogP contribution < -0.4 is 5.32 Å². The van der Waals surface area contributed by atoms with Crippen molar-refractivity contribution in [2.24, 2.45) is 0 Å². The highest BCUT2D eigenvalue weighted by Gasteiger charge is 2.29. The second-order valence-corrected chi connectivity index (χ2v) is 9.67. The van der Waals surface area contributed by atoms with Crippen LogP contribution in [0.15, 0.2) is 71.6 Å². The first kappa shape index (κ1) is 20.6. The van der Waals surface area contributed by atoms with Crippen LogP contribution in [0.25, 0.3) is 0 Å². The van der Waals surface area contributed by atoms with Gasteiger partial charge in [-0.1, -0.05) is 48.0 Å². The van der Waals surface area contributed by atoms with Crippen LogP contribution in [0.5, 0.6) is 0 Å². The van der Waals surface area contributed by atoms with Gasteiger partial charge in [0, 0.05) is 18.8 Å². The van der Waals surface area contributed by atoms with Gasteiger partial charge < -0.3 is 5.32 Å². The van der Waals surface area contributed by atoms with E-state index < -0.39 is 15.9 Å². The Kier molecular flexibility index (Phi) is 5.64.